The molecule has 21 heteroatoms. The number of hydrogen-bond donors (Lipinski definition) is 12. The summed E-state index contributed by atoms with van der Waals surface area (Å²) in [7, 11) is 0. The van der Waals surface area contributed by atoms with Crippen molar-refractivity contribution in [1.82, 2.24) is 0 Å². The number of fused-ring (bicyclic) bond motifs is 5. The predicted octanol–water partition coefficient (Wildman–Crippen LogP) is -0.954. The molecule has 6 fully saturated rings. The molecule has 0 amide bonds. The van der Waals surface area contributed by atoms with E-state index < -0.39 is 169 Å². The van der Waals surface area contributed by atoms with E-state index in [0.29, 0.717) is 11.1 Å². The zero-order valence-electron chi connectivity index (χ0n) is 39.5. The van der Waals surface area contributed by atoms with Crippen LogP contribution in [0.2, 0.25) is 0 Å². The number of aliphatic hydroxyl groups excluding tert-OH is 11. The van der Waals surface area contributed by atoms with Gasteiger partial charge in [-0.25, -0.2) is 0 Å². The van der Waals surface area contributed by atoms with Crippen LogP contribution in [0.4, 0.5) is 0 Å². The van der Waals surface area contributed by atoms with Gasteiger partial charge in [0, 0.05) is 31.6 Å². The van der Waals surface area contributed by atoms with Gasteiger partial charge in [0.15, 0.2) is 0 Å². The molecule has 388 valence electrons. The molecule has 0 spiro atoms. The minimum Gasteiger partial charge on any atom is -0.392 e. The first-order valence-electron chi connectivity index (χ1n) is 23.9. The Morgan fingerprint density at radius 2 is 1.43 bits per heavy atom. The molecule has 6 aliphatic heterocycles. The first-order chi connectivity index (χ1) is 31.4. The summed E-state index contributed by atoms with van der Waals surface area (Å²) >= 11 is -2.75. The smallest absolute Gasteiger partial charge is 0.302 e. The Hall–Kier alpha value is -1.13. The molecule has 6 saturated heterocycles. The van der Waals surface area contributed by atoms with Gasteiger partial charge >= 0.3 is 11.4 Å². The lowest BCUT2D eigenvalue weighted by molar-refractivity contribution is -0.371. The lowest BCUT2D eigenvalue weighted by atomic mass is 9.74. The number of ether oxygens (including phenoxy) is 6. The van der Waals surface area contributed by atoms with Crippen LogP contribution in [0, 0.1) is 17.8 Å². The zero-order chi connectivity index (χ0) is 49.6. The maximum atomic E-state index is 11.8. The first kappa shape index (κ1) is 55.2. The Labute approximate surface area is 395 Å². The van der Waals surface area contributed by atoms with Crippen molar-refractivity contribution < 1.29 is 97.5 Å². The molecule has 6 aliphatic rings. The molecule has 0 aliphatic carbocycles. The van der Waals surface area contributed by atoms with Crippen molar-refractivity contribution in [1.29, 1.82) is 0 Å². The lowest BCUT2D eigenvalue weighted by Crippen LogP contribution is -2.73. The summed E-state index contributed by atoms with van der Waals surface area (Å²) in [6, 6.07) is 0. The second-order valence-electron chi connectivity index (χ2n) is 20.8. The molecule has 0 aromatic heterocycles. The van der Waals surface area contributed by atoms with Gasteiger partial charge in [0.2, 0.25) is 0 Å². The quantitative estimate of drug-likeness (QED) is 0.0582. The maximum absolute atomic E-state index is 11.8. The monoisotopic (exact) mass is 982 g/mol. The molecular weight excluding hydrogens is 905 g/mol. The highest BCUT2D eigenvalue weighted by Crippen LogP contribution is 2.51. The molecule has 0 radical (unpaired) electrons. The van der Waals surface area contributed by atoms with Gasteiger partial charge < -0.3 is 84.6 Å². The fourth-order valence-electron chi connectivity index (χ4n) is 11.5. The van der Waals surface area contributed by atoms with Crippen molar-refractivity contribution in [3.63, 3.8) is 0 Å². The highest BCUT2D eigenvalue weighted by Gasteiger charge is 2.65. The van der Waals surface area contributed by atoms with E-state index in [-0.39, 0.29) is 58.0 Å². The number of aliphatic hydroxyl groups is 11. The molecule has 0 saturated carbocycles. The van der Waals surface area contributed by atoms with Crippen molar-refractivity contribution in [3.8, 4) is 0 Å². The van der Waals surface area contributed by atoms with Gasteiger partial charge in [0.05, 0.1) is 85.0 Å². The summed E-state index contributed by atoms with van der Waals surface area (Å²) < 4.78 is 65.4. The number of hydrogen-bond acceptors (Lipinski definition) is 19. The Morgan fingerprint density at radius 3 is 2.07 bits per heavy atom. The van der Waals surface area contributed by atoms with Crippen molar-refractivity contribution >= 4 is 11.4 Å². The molecule has 6 rings (SSSR count). The summed E-state index contributed by atoms with van der Waals surface area (Å²) in [4.78, 5) is 0. The van der Waals surface area contributed by atoms with Crippen LogP contribution in [0.3, 0.4) is 0 Å². The van der Waals surface area contributed by atoms with Gasteiger partial charge in [-0.2, -0.15) is 4.21 Å². The zero-order valence-corrected chi connectivity index (χ0v) is 40.4. The third-order valence-electron chi connectivity index (χ3n) is 15.8. The standard InChI is InChI=1S/C46H78O20S/c1-9-24(48)35(54)40-26(50)15-30-42(63-40)38(57)44-46(8,64-30)18-31-29(60-44)16-32-45(7,65-31)17-27(51)41-43(61-32)37(56)36(55)39(62-41)23(6)33(52)20(3)10-11-28(66-67(58)59)34(53)21(4)14-25(49)22(5)19(2)12-13-47/h12,20-21,23-44,47-57H,5,9-11,13-18H2,1-4,6-8H3,(H,58,59)/b19-12+/t20-,21-,23-,24+,25-,26-,27-,28+,29+,30-,31-,32-,33-,34-,35-,36-,37+,38+,39+,40+,41-,42-,43+,44-,45+,46+/m1/s1. The molecular formula is C46H78O20S. The fraction of sp³-hybridized carbons (Fsp3) is 0.913. The molecule has 27 atom stereocenters. The van der Waals surface area contributed by atoms with Gasteiger partial charge in [0.1, 0.15) is 61.0 Å². The van der Waals surface area contributed by atoms with Gasteiger partial charge in [-0.15, -0.1) is 0 Å². The lowest BCUT2D eigenvalue weighted by Gasteiger charge is -2.60. The second kappa shape index (κ2) is 22.3. The molecule has 1 unspecified atom stereocenters. The van der Waals surface area contributed by atoms with Crippen LogP contribution in [0.25, 0.3) is 0 Å². The average Bonchev–Trinajstić information content (AvgIpc) is 3.37. The van der Waals surface area contributed by atoms with Crippen LogP contribution in [0.5, 0.6) is 0 Å². The van der Waals surface area contributed by atoms with Crippen LogP contribution < -0.4 is 0 Å². The van der Waals surface area contributed by atoms with Crippen LogP contribution in [0.15, 0.2) is 23.8 Å². The molecule has 20 nitrogen and oxygen atoms in total. The van der Waals surface area contributed by atoms with Crippen LogP contribution in [-0.2, 0) is 44.0 Å². The highest BCUT2D eigenvalue weighted by molar-refractivity contribution is 7.74. The van der Waals surface area contributed by atoms with Gasteiger partial charge in [-0.3, -0.25) is 8.74 Å². The SMILES string of the molecule is C=C(/C(C)=C/CO)[C@H](O)C[C@@H](C)[C@@H](O)[C@H](CC[C@@H](C)[C@@H](O)[C@@H](C)[C@@H]1O[C@H]2[C@@H](O[C@@H]3C[C@@H]4O[C@@H]5[C@@H](O)[C@@H]6O[C@H]([C@H](O)[C@@H](O)CC)[C@H](O)C[C@H]6O[C@@]5(C)C[C@H]4O[C@@]3(C)C[C@H]2O)[C@@H](O)[C@H]1O)OS(=O)O. The molecule has 67 heavy (non-hydrogen) atoms. The molecule has 0 aromatic carbocycles. The first-order valence-corrected chi connectivity index (χ1v) is 24.9. The van der Waals surface area contributed by atoms with E-state index in [1.165, 1.54) is 6.08 Å². The van der Waals surface area contributed by atoms with Gasteiger partial charge in [-0.1, -0.05) is 40.3 Å². The summed E-state index contributed by atoms with van der Waals surface area (Å²) in [5, 5.41) is 121. The minimum absolute atomic E-state index is 0.00885. The predicted molar refractivity (Wildman–Crippen MR) is 237 cm³/mol. The Balaban J connectivity index is 1.09. The normalized spacial score (nSPS) is 44.6. The molecule has 12 N–H and O–H groups in total. The van der Waals surface area contributed by atoms with Gasteiger partial charge in [-0.05, 0) is 69.4 Å². The van der Waals surface area contributed by atoms with Crippen LogP contribution >= 0.6 is 0 Å². The van der Waals surface area contributed by atoms with Crippen molar-refractivity contribution in [2.75, 3.05) is 6.61 Å². The van der Waals surface area contributed by atoms with E-state index in [0.717, 1.165) is 0 Å². The van der Waals surface area contributed by atoms with E-state index in [9.17, 15) is 64.9 Å². The van der Waals surface area contributed by atoms with E-state index >= 15 is 0 Å². The van der Waals surface area contributed by atoms with Crippen LogP contribution in [-0.4, -0.2) is 211 Å². The van der Waals surface area contributed by atoms with Crippen molar-refractivity contribution in [3.05, 3.63) is 23.8 Å². The summed E-state index contributed by atoms with van der Waals surface area (Å²) in [6.07, 6.45) is -21.2. The Kier molecular flexibility index (Phi) is 18.4. The molecule has 6 heterocycles. The Morgan fingerprint density at radius 1 is 0.776 bits per heavy atom. The summed E-state index contributed by atoms with van der Waals surface area (Å²) in [5.74, 6) is -2.04. The fourth-order valence-corrected chi connectivity index (χ4v) is 12.0. The largest absolute Gasteiger partial charge is 0.392 e. The third-order valence-corrected chi connectivity index (χ3v) is 16.2. The van der Waals surface area contributed by atoms with E-state index in [1.807, 2.05) is 0 Å². The van der Waals surface area contributed by atoms with Gasteiger partial charge in [0.25, 0.3) is 0 Å². The summed E-state index contributed by atoms with van der Waals surface area (Å²) in [6.45, 7) is 15.5. The number of rotatable bonds is 18. The maximum Gasteiger partial charge on any atom is 0.302 e. The van der Waals surface area contributed by atoms with Crippen molar-refractivity contribution in [2.24, 2.45) is 17.8 Å². The second-order valence-corrected chi connectivity index (χ2v) is 21.4. The molecule has 0 aromatic rings. The van der Waals surface area contributed by atoms with Crippen molar-refractivity contribution in [2.45, 2.75) is 239 Å². The highest BCUT2D eigenvalue weighted by atomic mass is 32.2. The van der Waals surface area contributed by atoms with Crippen LogP contribution in [0.1, 0.15) is 99.8 Å². The summed E-state index contributed by atoms with van der Waals surface area (Å²) in [5.41, 5.74) is -1.33. The van der Waals surface area contributed by atoms with E-state index in [2.05, 4.69) is 6.58 Å². The average molecular weight is 983 g/mol. The molecule has 0 bridgehead atoms. The topological polar surface area (TPSA) is 324 Å². The Bertz CT molecular complexity index is 1710. The van der Waals surface area contributed by atoms with E-state index in [1.54, 1.807) is 48.5 Å². The minimum atomic E-state index is -2.75. The van der Waals surface area contributed by atoms with E-state index in [4.69, 9.17) is 32.6 Å². The third kappa shape index (κ3) is 11.6.